The summed E-state index contributed by atoms with van der Waals surface area (Å²) in [6, 6.07) is 7.85. The molecule has 0 spiro atoms. The minimum Gasteiger partial charge on any atom is -0.378 e. The standard InChI is InChI=1S/C20H29N3O3/c1-3-4-9-22(2)20(25)16-14-15(16)19(24)21-17-7-5-6-8-18(17)23-10-12-26-13-11-23/h5-8,15-16H,3-4,9-14H2,1-2H3,(H,21,24). The van der Waals surface area contributed by atoms with Crippen molar-refractivity contribution in [2.75, 3.05) is 50.1 Å². The molecular formula is C20H29N3O3. The second-order valence-electron chi connectivity index (χ2n) is 7.17. The third-order valence-corrected chi connectivity index (χ3v) is 5.18. The SMILES string of the molecule is CCCCN(C)C(=O)C1CC1C(=O)Nc1ccccc1N1CCOCC1. The van der Waals surface area contributed by atoms with Gasteiger partial charge in [0.1, 0.15) is 0 Å². The summed E-state index contributed by atoms with van der Waals surface area (Å²) >= 11 is 0. The maximum absolute atomic E-state index is 12.6. The van der Waals surface area contributed by atoms with Crippen LogP contribution in [0.3, 0.4) is 0 Å². The van der Waals surface area contributed by atoms with E-state index in [0.29, 0.717) is 19.6 Å². The largest absolute Gasteiger partial charge is 0.378 e. The zero-order valence-electron chi connectivity index (χ0n) is 15.7. The van der Waals surface area contributed by atoms with Crippen LogP contribution in [0.25, 0.3) is 0 Å². The number of carbonyl (C=O) groups is 2. The van der Waals surface area contributed by atoms with Crippen LogP contribution in [-0.4, -0.2) is 56.6 Å². The van der Waals surface area contributed by atoms with Gasteiger partial charge in [0, 0.05) is 26.7 Å². The smallest absolute Gasteiger partial charge is 0.228 e. The Labute approximate surface area is 155 Å². The highest BCUT2D eigenvalue weighted by molar-refractivity contribution is 6.01. The van der Waals surface area contributed by atoms with Crippen molar-refractivity contribution in [1.29, 1.82) is 0 Å². The Bertz CT molecular complexity index is 643. The van der Waals surface area contributed by atoms with Gasteiger partial charge < -0.3 is 19.9 Å². The minimum atomic E-state index is -0.204. The zero-order chi connectivity index (χ0) is 18.5. The number of morpholine rings is 1. The van der Waals surface area contributed by atoms with E-state index < -0.39 is 0 Å². The normalized spacial score (nSPS) is 22.0. The molecule has 0 aromatic heterocycles. The average molecular weight is 359 g/mol. The topological polar surface area (TPSA) is 61.9 Å². The fraction of sp³-hybridized carbons (Fsp3) is 0.600. The Kier molecular flexibility index (Phi) is 6.14. The monoisotopic (exact) mass is 359 g/mol. The second-order valence-corrected chi connectivity index (χ2v) is 7.17. The van der Waals surface area contributed by atoms with Crippen LogP contribution in [-0.2, 0) is 14.3 Å². The van der Waals surface area contributed by atoms with Gasteiger partial charge in [0.25, 0.3) is 0 Å². The number of nitrogens with one attached hydrogen (secondary N) is 1. The van der Waals surface area contributed by atoms with Gasteiger partial charge in [-0.2, -0.15) is 0 Å². The third kappa shape index (κ3) is 4.36. The number of unbranched alkanes of at least 4 members (excludes halogenated alkanes) is 1. The van der Waals surface area contributed by atoms with Crippen molar-refractivity contribution < 1.29 is 14.3 Å². The molecule has 3 rings (SSSR count). The molecule has 6 heteroatoms. The summed E-state index contributed by atoms with van der Waals surface area (Å²) < 4.78 is 5.41. The summed E-state index contributed by atoms with van der Waals surface area (Å²) in [5, 5.41) is 3.04. The van der Waals surface area contributed by atoms with Crippen LogP contribution >= 0.6 is 0 Å². The van der Waals surface area contributed by atoms with Gasteiger partial charge in [-0.05, 0) is 25.0 Å². The number of para-hydroxylation sites is 2. The fourth-order valence-electron chi connectivity index (χ4n) is 3.43. The molecule has 1 aromatic rings. The quantitative estimate of drug-likeness (QED) is 0.812. The van der Waals surface area contributed by atoms with Crippen LogP contribution in [0.1, 0.15) is 26.2 Å². The molecular weight excluding hydrogens is 330 g/mol. The Hall–Kier alpha value is -2.08. The van der Waals surface area contributed by atoms with E-state index >= 15 is 0 Å². The van der Waals surface area contributed by atoms with Crippen molar-refractivity contribution in [3.05, 3.63) is 24.3 Å². The van der Waals surface area contributed by atoms with E-state index in [1.54, 1.807) is 4.90 Å². The van der Waals surface area contributed by atoms with Crippen molar-refractivity contribution in [3.8, 4) is 0 Å². The maximum Gasteiger partial charge on any atom is 0.228 e. The van der Waals surface area contributed by atoms with Gasteiger partial charge in [0.15, 0.2) is 0 Å². The number of rotatable bonds is 7. The Morgan fingerprint density at radius 3 is 2.69 bits per heavy atom. The lowest BCUT2D eigenvalue weighted by atomic mass is 10.2. The molecule has 1 aromatic carbocycles. The lowest BCUT2D eigenvalue weighted by Crippen LogP contribution is -2.36. The first kappa shape index (κ1) is 18.7. The molecule has 1 saturated heterocycles. The van der Waals surface area contributed by atoms with Crippen LogP contribution < -0.4 is 10.2 Å². The molecule has 0 bridgehead atoms. The summed E-state index contributed by atoms with van der Waals surface area (Å²) in [6.45, 7) is 5.91. The molecule has 2 amide bonds. The van der Waals surface area contributed by atoms with Gasteiger partial charge in [0.05, 0.1) is 36.4 Å². The highest BCUT2D eigenvalue weighted by Crippen LogP contribution is 2.41. The molecule has 2 fully saturated rings. The Morgan fingerprint density at radius 1 is 1.23 bits per heavy atom. The molecule has 0 radical (unpaired) electrons. The van der Waals surface area contributed by atoms with E-state index in [2.05, 4.69) is 17.1 Å². The summed E-state index contributed by atoms with van der Waals surface area (Å²) in [5.74, 6) is -0.315. The molecule has 1 N–H and O–H groups in total. The number of anilines is 2. The summed E-state index contributed by atoms with van der Waals surface area (Å²) in [4.78, 5) is 29.0. The van der Waals surface area contributed by atoms with E-state index in [9.17, 15) is 9.59 Å². The van der Waals surface area contributed by atoms with Crippen molar-refractivity contribution in [1.82, 2.24) is 4.90 Å². The molecule has 142 valence electrons. The van der Waals surface area contributed by atoms with Crippen LogP contribution in [0.5, 0.6) is 0 Å². The predicted octanol–water partition coefficient (Wildman–Crippen LogP) is 2.36. The van der Waals surface area contributed by atoms with Crippen LogP contribution in [0, 0.1) is 11.8 Å². The maximum atomic E-state index is 12.6. The molecule has 2 atom stereocenters. The Balaban J connectivity index is 1.59. The number of benzene rings is 1. The van der Waals surface area contributed by atoms with Crippen LogP contribution in [0.15, 0.2) is 24.3 Å². The fourth-order valence-corrected chi connectivity index (χ4v) is 3.43. The predicted molar refractivity (Wildman–Crippen MR) is 102 cm³/mol. The van der Waals surface area contributed by atoms with Crippen LogP contribution in [0.2, 0.25) is 0 Å². The van der Waals surface area contributed by atoms with Gasteiger partial charge in [-0.25, -0.2) is 0 Å². The van der Waals surface area contributed by atoms with E-state index in [1.165, 1.54) is 0 Å². The Morgan fingerprint density at radius 2 is 1.96 bits per heavy atom. The molecule has 1 heterocycles. The molecule has 2 unspecified atom stereocenters. The number of nitrogens with zero attached hydrogens (tertiary/aromatic N) is 2. The van der Waals surface area contributed by atoms with E-state index in [0.717, 1.165) is 43.9 Å². The summed E-state index contributed by atoms with van der Waals surface area (Å²) in [6.07, 6.45) is 2.71. The first-order valence-electron chi connectivity index (χ1n) is 9.59. The molecule has 6 nitrogen and oxygen atoms in total. The summed E-state index contributed by atoms with van der Waals surface area (Å²) in [7, 11) is 1.83. The molecule has 26 heavy (non-hydrogen) atoms. The first-order valence-corrected chi connectivity index (χ1v) is 9.59. The van der Waals surface area contributed by atoms with Crippen molar-refractivity contribution in [2.24, 2.45) is 11.8 Å². The van der Waals surface area contributed by atoms with Crippen LogP contribution in [0.4, 0.5) is 11.4 Å². The van der Waals surface area contributed by atoms with E-state index in [-0.39, 0.29) is 23.7 Å². The highest BCUT2D eigenvalue weighted by atomic mass is 16.5. The van der Waals surface area contributed by atoms with Gasteiger partial charge >= 0.3 is 0 Å². The highest BCUT2D eigenvalue weighted by Gasteiger charge is 2.49. The van der Waals surface area contributed by atoms with Gasteiger partial charge in [-0.3, -0.25) is 9.59 Å². The van der Waals surface area contributed by atoms with Crippen molar-refractivity contribution >= 4 is 23.2 Å². The molecule has 2 aliphatic rings. The van der Waals surface area contributed by atoms with Gasteiger partial charge in [-0.15, -0.1) is 0 Å². The average Bonchev–Trinajstić information content (AvgIpc) is 3.47. The summed E-state index contributed by atoms with van der Waals surface area (Å²) in [5.41, 5.74) is 1.84. The van der Waals surface area contributed by atoms with Gasteiger partial charge in [0.2, 0.25) is 11.8 Å². The van der Waals surface area contributed by atoms with E-state index in [1.807, 2.05) is 31.3 Å². The van der Waals surface area contributed by atoms with E-state index in [4.69, 9.17) is 4.74 Å². The number of amides is 2. The van der Waals surface area contributed by atoms with Crippen molar-refractivity contribution in [3.63, 3.8) is 0 Å². The number of carbonyl (C=O) groups excluding carboxylic acids is 2. The lowest BCUT2D eigenvalue weighted by molar-refractivity contribution is -0.132. The number of hydrogen-bond acceptors (Lipinski definition) is 4. The minimum absolute atomic E-state index is 0.0482. The van der Waals surface area contributed by atoms with Crippen molar-refractivity contribution in [2.45, 2.75) is 26.2 Å². The molecule has 1 aliphatic carbocycles. The first-order chi connectivity index (χ1) is 12.6. The number of hydrogen-bond donors (Lipinski definition) is 1. The molecule has 1 saturated carbocycles. The van der Waals surface area contributed by atoms with Gasteiger partial charge in [-0.1, -0.05) is 25.5 Å². The second kappa shape index (κ2) is 8.54. The third-order valence-electron chi connectivity index (χ3n) is 5.18. The zero-order valence-corrected chi connectivity index (χ0v) is 15.7. The number of ether oxygens (including phenoxy) is 1. The lowest BCUT2D eigenvalue weighted by Gasteiger charge is -2.30. The molecule has 1 aliphatic heterocycles.